The minimum absolute atomic E-state index is 0.391. The van der Waals surface area contributed by atoms with Gasteiger partial charge in [-0.3, -0.25) is 0 Å². The molecule has 0 saturated carbocycles. The number of hydrogen-bond acceptors (Lipinski definition) is 1. The second-order valence-corrected chi connectivity index (χ2v) is 4.56. The first-order valence-electron chi connectivity index (χ1n) is 5.82. The molecule has 2 aliphatic rings. The molecule has 0 aromatic heterocycles. The number of fused-ring (bicyclic) bond motifs is 2. The predicted molar refractivity (Wildman–Crippen MR) is 59.0 cm³/mol. The Bertz CT molecular complexity index is 313. The van der Waals surface area contributed by atoms with Crippen LogP contribution in [0.2, 0.25) is 0 Å². The molecule has 2 saturated heterocycles. The predicted octanol–water partition coefficient (Wildman–Crippen LogP) is 2.36. The van der Waals surface area contributed by atoms with Gasteiger partial charge in [0, 0.05) is 24.9 Å². The van der Waals surface area contributed by atoms with E-state index in [4.69, 9.17) is 10.1 Å². The third-order valence-corrected chi connectivity index (χ3v) is 3.37. The highest BCUT2D eigenvalue weighted by Gasteiger charge is 2.35. The number of benzene rings is 1. The fraction of sp³-hybridized carbons (Fsp3) is 0.538. The first-order chi connectivity index (χ1) is 7.40. The fourth-order valence-electron chi connectivity index (χ4n) is 2.68. The van der Waals surface area contributed by atoms with Crippen molar-refractivity contribution in [3.8, 4) is 5.75 Å². The summed E-state index contributed by atoms with van der Waals surface area (Å²) in [5.74, 6) is 1.00. The summed E-state index contributed by atoms with van der Waals surface area (Å²) >= 11 is 0. The van der Waals surface area contributed by atoms with E-state index in [-0.39, 0.29) is 0 Å². The van der Waals surface area contributed by atoms with Crippen molar-refractivity contribution in [2.45, 2.75) is 43.9 Å². The molecule has 2 nitrogen and oxygen atoms in total. The van der Waals surface area contributed by atoms with Gasteiger partial charge in [-0.2, -0.15) is 0 Å². The van der Waals surface area contributed by atoms with Crippen molar-refractivity contribution in [2.24, 2.45) is 0 Å². The number of hydrogen-bond donors (Lipinski definition) is 0. The molecule has 15 heavy (non-hydrogen) atoms. The Morgan fingerprint density at radius 3 is 2.33 bits per heavy atom. The summed E-state index contributed by atoms with van der Waals surface area (Å²) in [5.41, 5.74) is 0. The topological polar surface area (TPSA) is 23.3 Å². The van der Waals surface area contributed by atoms with Crippen LogP contribution in [0.3, 0.4) is 0 Å². The first kappa shape index (κ1) is 9.22. The Labute approximate surface area is 90.6 Å². The molecule has 2 atom stereocenters. The van der Waals surface area contributed by atoms with Crippen LogP contribution >= 0.6 is 0 Å². The van der Waals surface area contributed by atoms with Crippen molar-refractivity contribution in [1.82, 2.24) is 5.32 Å². The van der Waals surface area contributed by atoms with Crippen LogP contribution in [0.4, 0.5) is 0 Å². The summed E-state index contributed by atoms with van der Waals surface area (Å²) in [4.78, 5) is 0. The number of para-hydroxylation sites is 1. The second kappa shape index (κ2) is 3.86. The third-order valence-electron chi connectivity index (χ3n) is 3.37. The van der Waals surface area contributed by atoms with E-state index in [0.717, 1.165) is 18.6 Å². The SMILES string of the molecule is c1ccc(OC2CC3CCC(C2)[N]3)cc1. The molecule has 0 spiro atoms. The smallest absolute Gasteiger partial charge is 0.119 e. The van der Waals surface area contributed by atoms with Gasteiger partial charge in [-0.1, -0.05) is 18.2 Å². The minimum atomic E-state index is 0.391. The summed E-state index contributed by atoms with van der Waals surface area (Å²) in [6, 6.07) is 11.3. The van der Waals surface area contributed by atoms with Gasteiger partial charge in [0.2, 0.25) is 0 Å². The van der Waals surface area contributed by atoms with Gasteiger partial charge in [0.15, 0.2) is 0 Å². The molecule has 2 aliphatic heterocycles. The lowest BCUT2D eigenvalue weighted by atomic mass is 10.0. The zero-order chi connectivity index (χ0) is 10.1. The minimum Gasteiger partial charge on any atom is -0.490 e. The van der Waals surface area contributed by atoms with Crippen molar-refractivity contribution in [3.63, 3.8) is 0 Å². The van der Waals surface area contributed by atoms with Gasteiger partial charge in [0.25, 0.3) is 0 Å². The second-order valence-electron chi connectivity index (χ2n) is 4.56. The molecule has 2 fully saturated rings. The molecule has 1 aromatic carbocycles. The van der Waals surface area contributed by atoms with E-state index < -0.39 is 0 Å². The van der Waals surface area contributed by atoms with E-state index in [0.29, 0.717) is 18.2 Å². The molecule has 2 heteroatoms. The molecule has 1 aromatic rings. The maximum Gasteiger partial charge on any atom is 0.119 e. The molecule has 2 bridgehead atoms. The lowest BCUT2D eigenvalue weighted by molar-refractivity contribution is 0.135. The van der Waals surface area contributed by atoms with Gasteiger partial charge in [0.1, 0.15) is 11.9 Å². The monoisotopic (exact) mass is 202 g/mol. The molecule has 0 amide bonds. The van der Waals surface area contributed by atoms with E-state index in [1.807, 2.05) is 30.3 Å². The third kappa shape index (κ3) is 2.00. The summed E-state index contributed by atoms with van der Waals surface area (Å²) < 4.78 is 5.98. The Hall–Kier alpha value is -1.02. The molecule has 0 aliphatic carbocycles. The summed E-state index contributed by atoms with van der Waals surface area (Å²) in [7, 11) is 0. The average molecular weight is 202 g/mol. The van der Waals surface area contributed by atoms with Crippen LogP contribution in [0.25, 0.3) is 0 Å². The highest BCUT2D eigenvalue weighted by molar-refractivity contribution is 5.21. The molecule has 0 N–H and O–H groups in total. The van der Waals surface area contributed by atoms with Crippen molar-refractivity contribution in [1.29, 1.82) is 0 Å². The highest BCUT2D eigenvalue weighted by Crippen LogP contribution is 2.30. The number of nitrogens with zero attached hydrogens (tertiary/aromatic N) is 1. The van der Waals surface area contributed by atoms with Gasteiger partial charge in [-0.25, -0.2) is 5.32 Å². The summed E-state index contributed by atoms with van der Waals surface area (Å²) in [6.45, 7) is 0. The molecule has 79 valence electrons. The Morgan fingerprint density at radius 2 is 1.67 bits per heavy atom. The van der Waals surface area contributed by atoms with Gasteiger partial charge >= 0.3 is 0 Å². The number of piperidine rings is 1. The Balaban J connectivity index is 1.65. The lowest BCUT2D eigenvalue weighted by Gasteiger charge is -2.28. The van der Waals surface area contributed by atoms with Crippen molar-refractivity contribution >= 4 is 0 Å². The van der Waals surface area contributed by atoms with E-state index in [1.165, 1.54) is 12.8 Å². The van der Waals surface area contributed by atoms with Gasteiger partial charge in [-0.05, 0) is 25.0 Å². The van der Waals surface area contributed by atoms with Crippen molar-refractivity contribution in [2.75, 3.05) is 0 Å². The molecule has 1 radical (unpaired) electrons. The molecule has 2 heterocycles. The van der Waals surface area contributed by atoms with Gasteiger partial charge in [-0.15, -0.1) is 0 Å². The Kier molecular flexibility index (Phi) is 2.37. The maximum atomic E-state index is 5.98. The van der Waals surface area contributed by atoms with Crippen LogP contribution < -0.4 is 10.1 Å². The van der Waals surface area contributed by atoms with Crippen molar-refractivity contribution < 1.29 is 4.74 Å². The quantitative estimate of drug-likeness (QED) is 0.722. The lowest BCUT2D eigenvalue weighted by Crippen LogP contribution is -2.38. The van der Waals surface area contributed by atoms with Crippen molar-refractivity contribution in [3.05, 3.63) is 30.3 Å². The summed E-state index contributed by atoms with van der Waals surface area (Å²) in [6.07, 6.45) is 5.18. The van der Waals surface area contributed by atoms with Crippen LogP contribution in [0.1, 0.15) is 25.7 Å². The van der Waals surface area contributed by atoms with Gasteiger partial charge in [0.05, 0.1) is 0 Å². The normalized spacial score (nSPS) is 34.0. The average Bonchev–Trinajstić information content (AvgIpc) is 2.60. The first-order valence-corrected chi connectivity index (χ1v) is 5.82. The van der Waals surface area contributed by atoms with E-state index in [9.17, 15) is 0 Å². The number of ether oxygens (including phenoxy) is 1. The molecular formula is C13H16NO. The van der Waals surface area contributed by atoms with E-state index in [2.05, 4.69) is 0 Å². The van der Waals surface area contributed by atoms with Crippen LogP contribution in [0.5, 0.6) is 5.75 Å². The maximum absolute atomic E-state index is 5.98. The van der Waals surface area contributed by atoms with Gasteiger partial charge < -0.3 is 4.74 Å². The van der Waals surface area contributed by atoms with Crippen LogP contribution in [0, 0.1) is 0 Å². The van der Waals surface area contributed by atoms with Crippen LogP contribution in [-0.2, 0) is 0 Å². The van der Waals surface area contributed by atoms with Crippen LogP contribution in [-0.4, -0.2) is 18.2 Å². The molecule has 2 unspecified atom stereocenters. The largest absolute Gasteiger partial charge is 0.490 e. The standard InChI is InChI=1S/C13H16NO/c1-2-4-12(5-3-1)15-13-8-10-6-7-11(9-13)14-10/h1-5,10-11,13H,6-9H2. The summed E-state index contributed by atoms with van der Waals surface area (Å²) in [5, 5.41) is 4.71. The van der Waals surface area contributed by atoms with Crippen LogP contribution in [0.15, 0.2) is 30.3 Å². The van der Waals surface area contributed by atoms with E-state index in [1.54, 1.807) is 0 Å². The zero-order valence-corrected chi connectivity index (χ0v) is 8.80. The fourth-order valence-corrected chi connectivity index (χ4v) is 2.68. The molecular weight excluding hydrogens is 186 g/mol. The van der Waals surface area contributed by atoms with E-state index >= 15 is 0 Å². The Morgan fingerprint density at radius 1 is 1.00 bits per heavy atom. The molecule has 3 rings (SSSR count). The highest BCUT2D eigenvalue weighted by atomic mass is 16.5. The number of rotatable bonds is 2. The zero-order valence-electron chi connectivity index (χ0n) is 8.80.